The first kappa shape index (κ1) is 28.8. The maximum Gasteiger partial charge on any atom is 0.328 e. The quantitative estimate of drug-likeness (QED) is 0.142. The molecule has 0 spiro atoms. The maximum absolute atomic E-state index is 12.7. The fourth-order valence-corrected chi connectivity index (χ4v) is 2.80. The number of carboxylic acid groups (broad SMARTS) is 1. The molecule has 1 heterocycles. The van der Waals surface area contributed by atoms with Crippen molar-refractivity contribution < 1.29 is 27.9 Å². The van der Waals surface area contributed by atoms with Crippen LogP contribution in [0.2, 0.25) is 0 Å². The number of hydrogen-bond donors (Lipinski definition) is 2. The predicted molar refractivity (Wildman–Crippen MR) is 137 cm³/mol. The van der Waals surface area contributed by atoms with Crippen LogP contribution in [-0.4, -0.2) is 22.0 Å². The van der Waals surface area contributed by atoms with Crippen LogP contribution in [0.4, 0.5) is 13.2 Å². The summed E-state index contributed by atoms with van der Waals surface area (Å²) in [6, 6.07) is 17.2. The summed E-state index contributed by atoms with van der Waals surface area (Å²) in [7, 11) is 0. The summed E-state index contributed by atoms with van der Waals surface area (Å²) >= 11 is 0. The third-order valence-electron chi connectivity index (χ3n) is 4.41. The van der Waals surface area contributed by atoms with Crippen LogP contribution in [0.1, 0.15) is 11.1 Å². The molecule has 38 heavy (non-hydrogen) atoms. The van der Waals surface area contributed by atoms with Gasteiger partial charge in [0.1, 0.15) is 17.5 Å². The van der Waals surface area contributed by atoms with E-state index in [0.717, 1.165) is 12.2 Å². The summed E-state index contributed by atoms with van der Waals surface area (Å²) in [6.07, 6.45) is 6.26. The molecule has 192 valence electrons. The van der Waals surface area contributed by atoms with Crippen LogP contribution >= 0.6 is 0 Å². The number of rotatable bonds is 4. The molecule has 1 aromatic heterocycles. The van der Waals surface area contributed by atoms with E-state index in [2.05, 4.69) is 15.0 Å². The zero-order chi connectivity index (χ0) is 27.9. The van der Waals surface area contributed by atoms with Gasteiger partial charge >= 0.3 is 5.97 Å². The number of nitrogens with zero attached hydrogens (tertiary/aromatic N) is 3. The van der Waals surface area contributed by atoms with E-state index in [4.69, 9.17) is 10.6 Å². The molecule has 0 fully saturated rings. The van der Waals surface area contributed by atoms with Crippen molar-refractivity contribution in [2.75, 3.05) is 0 Å². The zero-order valence-electron chi connectivity index (χ0n) is 19.5. The number of aliphatic carboxylic acids is 1. The van der Waals surface area contributed by atoms with Gasteiger partial charge < -0.3 is 10.1 Å². The molecule has 0 bridgehead atoms. The number of carbonyl (C=O) groups excluding carboxylic acids is 1. The van der Waals surface area contributed by atoms with Gasteiger partial charge in [0, 0.05) is 22.6 Å². The Labute approximate surface area is 213 Å². The second kappa shape index (κ2) is 14.9. The molecule has 0 aliphatic rings. The lowest BCUT2D eigenvalue weighted by Crippen LogP contribution is -2.03. The number of carbonyl (C=O) groups is 2. The highest BCUT2D eigenvalue weighted by atomic mass is 19.1. The number of azide groups is 1. The normalized spacial score (nSPS) is 10.2. The predicted octanol–water partition coefficient (Wildman–Crippen LogP) is 6.27. The van der Waals surface area contributed by atoms with Crippen molar-refractivity contribution in [3.05, 3.63) is 141 Å². The highest BCUT2D eigenvalue weighted by Crippen LogP contribution is 2.10. The highest BCUT2D eigenvalue weighted by molar-refractivity contribution is 5.92. The number of aromatic nitrogens is 1. The Morgan fingerprint density at radius 3 is 1.97 bits per heavy atom. The molecule has 0 saturated carbocycles. The van der Waals surface area contributed by atoms with Crippen LogP contribution < -0.4 is 5.56 Å². The molecule has 4 aromatic rings. The number of fused-ring (bicyclic) bond motifs is 1. The van der Waals surface area contributed by atoms with Crippen molar-refractivity contribution in [3.8, 4) is 0 Å². The molecule has 0 aliphatic heterocycles. The minimum atomic E-state index is -1.04. The van der Waals surface area contributed by atoms with Crippen molar-refractivity contribution in [3.63, 3.8) is 0 Å². The van der Waals surface area contributed by atoms with E-state index in [1.54, 1.807) is 18.2 Å². The molecule has 2 N–H and O–H groups in total. The third-order valence-corrected chi connectivity index (χ3v) is 4.41. The van der Waals surface area contributed by atoms with Crippen molar-refractivity contribution in [1.82, 2.24) is 4.98 Å². The molecule has 4 rings (SSSR count). The number of benzene rings is 3. The number of halogens is 3. The van der Waals surface area contributed by atoms with E-state index in [9.17, 15) is 27.6 Å². The second-order valence-electron chi connectivity index (χ2n) is 7.18. The molecular weight excluding hydrogens is 501 g/mol. The number of H-pyrrole nitrogens is 1. The van der Waals surface area contributed by atoms with Gasteiger partial charge in [-0.1, -0.05) is 30.3 Å². The number of hydrogen-bond acceptors (Lipinski definition) is 3. The van der Waals surface area contributed by atoms with Crippen molar-refractivity contribution in [2.45, 2.75) is 0 Å². The Morgan fingerprint density at radius 1 is 0.842 bits per heavy atom. The maximum atomic E-state index is 12.7. The second-order valence-corrected chi connectivity index (χ2v) is 7.18. The van der Waals surface area contributed by atoms with Gasteiger partial charge in [-0.15, -0.1) is 0 Å². The first-order valence-electron chi connectivity index (χ1n) is 10.6. The molecular formula is C27H19F3N4O4. The lowest BCUT2D eigenvalue weighted by molar-refractivity contribution is -0.131. The van der Waals surface area contributed by atoms with Crippen molar-refractivity contribution >= 4 is 34.8 Å². The lowest BCUT2D eigenvalue weighted by atomic mass is 10.2. The van der Waals surface area contributed by atoms with Crippen LogP contribution in [0.15, 0.2) is 101 Å². The van der Waals surface area contributed by atoms with Crippen LogP contribution in [-0.2, 0) is 9.59 Å². The Hall–Kier alpha value is -5.41. The van der Waals surface area contributed by atoms with Gasteiger partial charge in [0.05, 0.1) is 0 Å². The summed E-state index contributed by atoms with van der Waals surface area (Å²) in [4.78, 5) is 36.7. The van der Waals surface area contributed by atoms with Gasteiger partial charge in [-0.2, -0.15) is 0 Å². The smallest absolute Gasteiger partial charge is 0.328 e. The van der Waals surface area contributed by atoms with Crippen LogP contribution in [0.25, 0.3) is 33.4 Å². The number of amides is 1. The summed E-state index contributed by atoms with van der Waals surface area (Å²) in [5.74, 6) is -2.84. The molecule has 11 heteroatoms. The average molecular weight is 520 g/mol. The lowest BCUT2D eigenvalue weighted by Gasteiger charge is -1.94. The van der Waals surface area contributed by atoms with Gasteiger partial charge in [0.15, 0.2) is 0 Å². The van der Waals surface area contributed by atoms with E-state index in [0.29, 0.717) is 21.9 Å². The summed E-state index contributed by atoms with van der Waals surface area (Å²) in [6.45, 7) is 0. The Bertz CT molecular complexity index is 1590. The van der Waals surface area contributed by atoms with Crippen LogP contribution in [0.5, 0.6) is 0 Å². The van der Waals surface area contributed by atoms with Crippen molar-refractivity contribution in [2.24, 2.45) is 5.11 Å². The number of carboxylic acids is 1. The van der Waals surface area contributed by atoms with Crippen LogP contribution in [0.3, 0.4) is 0 Å². The molecule has 0 atom stereocenters. The molecule has 0 aliphatic carbocycles. The van der Waals surface area contributed by atoms with Gasteiger partial charge in [0.2, 0.25) is 5.91 Å². The summed E-state index contributed by atoms with van der Waals surface area (Å²) < 4.78 is 37.8. The molecule has 8 nitrogen and oxygen atoms in total. The Kier molecular flexibility index (Phi) is 11.3. The van der Waals surface area contributed by atoms with Gasteiger partial charge in [-0.3, -0.25) is 9.59 Å². The Morgan fingerprint density at radius 2 is 1.42 bits per heavy atom. The minimum Gasteiger partial charge on any atom is -0.478 e. The first-order valence-corrected chi connectivity index (χ1v) is 10.6. The van der Waals surface area contributed by atoms with E-state index in [-0.39, 0.29) is 23.0 Å². The van der Waals surface area contributed by atoms with Gasteiger partial charge in [0.25, 0.3) is 5.56 Å². The molecule has 3 aromatic carbocycles. The SMILES string of the molecule is O=C(O)/C=C/c1cccc(F)c1.O=c1[nH]ccc2cc(F)ccc12.[N-]=[N+]=NC(=O)/C=C/c1cccc(F)c1. The van der Waals surface area contributed by atoms with Crippen molar-refractivity contribution in [1.29, 1.82) is 0 Å². The van der Waals surface area contributed by atoms with Crippen LogP contribution in [0, 0.1) is 17.5 Å². The molecule has 0 radical (unpaired) electrons. The monoisotopic (exact) mass is 520 g/mol. The summed E-state index contributed by atoms with van der Waals surface area (Å²) in [5, 5.41) is 12.2. The average Bonchev–Trinajstić information content (AvgIpc) is 2.87. The largest absolute Gasteiger partial charge is 0.478 e. The van der Waals surface area contributed by atoms with Gasteiger partial charge in [-0.05, 0) is 87.8 Å². The van der Waals surface area contributed by atoms with E-state index in [1.807, 2.05) is 0 Å². The number of nitrogens with one attached hydrogen (secondary N) is 1. The standard InChI is InChI=1S/C9H6FN3O.C9H6FNO.C9H7FO2/c10-8-3-1-2-7(6-8)4-5-9(14)12-13-11;10-7-1-2-8-6(5-7)3-4-11-9(8)12;10-8-3-1-2-7(6-8)4-5-9(11)12/h1-6H;1-5H,(H,11,12);1-6H,(H,11,12)/b5-4+;;5-4+. The third kappa shape index (κ3) is 10.5. The Balaban J connectivity index is 0.000000201. The zero-order valence-corrected chi connectivity index (χ0v) is 19.5. The first-order chi connectivity index (χ1) is 18.2. The molecule has 1 amide bonds. The van der Waals surface area contributed by atoms with E-state index in [1.165, 1.54) is 72.9 Å². The number of aromatic amines is 1. The fraction of sp³-hybridized carbons (Fsp3) is 0. The molecule has 0 unspecified atom stereocenters. The van der Waals surface area contributed by atoms with Gasteiger partial charge in [-0.25, -0.2) is 18.0 Å². The minimum absolute atomic E-state index is 0.187. The van der Waals surface area contributed by atoms with E-state index < -0.39 is 11.9 Å². The summed E-state index contributed by atoms with van der Waals surface area (Å²) in [5.41, 5.74) is 8.81. The fourth-order valence-electron chi connectivity index (χ4n) is 2.80. The number of pyridine rings is 1. The topological polar surface area (TPSA) is 136 Å². The molecule has 0 saturated heterocycles. The highest BCUT2D eigenvalue weighted by Gasteiger charge is 1.97. The van der Waals surface area contributed by atoms with E-state index >= 15 is 0 Å².